The summed E-state index contributed by atoms with van der Waals surface area (Å²) in [6, 6.07) is 0. The van der Waals surface area contributed by atoms with Crippen LogP contribution in [-0.4, -0.2) is 36.0 Å². The smallest absolute Gasteiger partial charge is 0.306 e. The summed E-state index contributed by atoms with van der Waals surface area (Å²) in [4.78, 5) is 24.9. The zero-order chi connectivity index (χ0) is 12.0. The molecule has 0 aromatic carbocycles. The predicted molar refractivity (Wildman–Crippen MR) is 60.9 cm³/mol. The Hall–Kier alpha value is -1.06. The van der Waals surface area contributed by atoms with Gasteiger partial charge in [0.2, 0.25) is 0 Å². The van der Waals surface area contributed by atoms with Crippen molar-refractivity contribution in [3.63, 3.8) is 0 Å². The number of amides is 1. The Morgan fingerprint density at radius 1 is 1.31 bits per heavy atom. The van der Waals surface area contributed by atoms with E-state index in [9.17, 15) is 9.59 Å². The fourth-order valence-electron chi connectivity index (χ4n) is 1.82. The summed E-state index contributed by atoms with van der Waals surface area (Å²) in [5.74, 6) is -0.316. The van der Waals surface area contributed by atoms with Gasteiger partial charge in [-0.1, -0.05) is 13.3 Å². The first-order chi connectivity index (χ1) is 7.65. The van der Waals surface area contributed by atoms with Gasteiger partial charge >= 0.3 is 5.97 Å². The maximum absolute atomic E-state index is 11.8. The topological polar surface area (TPSA) is 46.6 Å². The van der Waals surface area contributed by atoms with Crippen LogP contribution in [0.1, 0.15) is 46.0 Å². The molecule has 0 N–H and O–H groups in total. The third-order valence-electron chi connectivity index (χ3n) is 2.81. The van der Waals surface area contributed by atoms with E-state index in [-0.39, 0.29) is 11.9 Å². The average Bonchev–Trinajstić information content (AvgIpc) is 2.78. The average molecular weight is 227 g/mol. The van der Waals surface area contributed by atoms with Crippen LogP contribution in [0, 0.1) is 0 Å². The van der Waals surface area contributed by atoms with Crippen molar-refractivity contribution in [2.45, 2.75) is 52.1 Å². The molecule has 0 unspecified atom stereocenters. The normalized spacial score (nSPS) is 17.2. The van der Waals surface area contributed by atoms with E-state index in [2.05, 4.69) is 0 Å². The van der Waals surface area contributed by atoms with Crippen molar-refractivity contribution in [2.24, 2.45) is 0 Å². The van der Waals surface area contributed by atoms with Crippen LogP contribution in [0.3, 0.4) is 0 Å². The number of hydrogen-bond acceptors (Lipinski definition) is 3. The van der Waals surface area contributed by atoms with E-state index >= 15 is 0 Å². The van der Waals surface area contributed by atoms with Gasteiger partial charge < -0.3 is 9.64 Å². The quantitative estimate of drug-likeness (QED) is 0.672. The van der Waals surface area contributed by atoms with Gasteiger partial charge in [-0.05, 0) is 26.2 Å². The summed E-state index contributed by atoms with van der Waals surface area (Å²) in [5.41, 5.74) is 0. The van der Waals surface area contributed by atoms with Crippen LogP contribution in [0.2, 0.25) is 0 Å². The molecular formula is C12H21NO3. The fourth-order valence-corrected chi connectivity index (χ4v) is 1.82. The Balaban J connectivity index is 2.30. The highest BCUT2D eigenvalue weighted by atomic mass is 16.5. The maximum Gasteiger partial charge on any atom is 0.306 e. The van der Waals surface area contributed by atoms with Crippen molar-refractivity contribution >= 4 is 11.9 Å². The van der Waals surface area contributed by atoms with Crippen molar-refractivity contribution in [1.29, 1.82) is 0 Å². The first-order valence-electron chi connectivity index (χ1n) is 6.13. The van der Waals surface area contributed by atoms with Gasteiger partial charge in [-0.25, -0.2) is 0 Å². The Kier molecular flexibility index (Phi) is 5.29. The lowest BCUT2D eigenvalue weighted by Crippen LogP contribution is -2.38. The van der Waals surface area contributed by atoms with Crippen LogP contribution in [0.5, 0.6) is 0 Å². The number of nitrogens with zero attached hydrogens (tertiary/aromatic N) is 1. The number of unbranched alkanes of at least 4 members (excludes halogenated alkanes) is 1. The van der Waals surface area contributed by atoms with Gasteiger partial charge in [-0.15, -0.1) is 0 Å². The highest BCUT2D eigenvalue weighted by Crippen LogP contribution is 2.11. The Morgan fingerprint density at radius 3 is 2.50 bits per heavy atom. The van der Waals surface area contributed by atoms with E-state index < -0.39 is 6.10 Å². The van der Waals surface area contributed by atoms with Gasteiger partial charge in [0.15, 0.2) is 6.10 Å². The molecule has 1 atom stereocenters. The first-order valence-corrected chi connectivity index (χ1v) is 6.13. The molecule has 16 heavy (non-hydrogen) atoms. The van der Waals surface area contributed by atoms with E-state index in [1.807, 2.05) is 6.92 Å². The lowest BCUT2D eigenvalue weighted by molar-refractivity contribution is -0.158. The number of rotatable bonds is 5. The summed E-state index contributed by atoms with van der Waals surface area (Å²) in [7, 11) is 0. The number of carbonyl (C=O) groups is 2. The fraction of sp³-hybridized carbons (Fsp3) is 0.833. The molecule has 0 aliphatic carbocycles. The van der Waals surface area contributed by atoms with Crippen LogP contribution in [0.25, 0.3) is 0 Å². The highest BCUT2D eigenvalue weighted by Gasteiger charge is 2.25. The minimum Gasteiger partial charge on any atom is -0.453 e. The molecule has 0 radical (unpaired) electrons. The molecule has 1 aliphatic rings. The van der Waals surface area contributed by atoms with Gasteiger partial charge in [0.1, 0.15) is 0 Å². The molecular weight excluding hydrogens is 206 g/mol. The van der Waals surface area contributed by atoms with E-state index in [1.165, 1.54) is 0 Å². The van der Waals surface area contributed by atoms with Crippen LogP contribution >= 0.6 is 0 Å². The molecule has 4 heteroatoms. The molecule has 0 bridgehead atoms. The highest BCUT2D eigenvalue weighted by molar-refractivity contribution is 5.83. The van der Waals surface area contributed by atoms with E-state index in [0.29, 0.717) is 6.42 Å². The Bertz CT molecular complexity index is 247. The monoisotopic (exact) mass is 227 g/mol. The third kappa shape index (κ3) is 3.83. The van der Waals surface area contributed by atoms with Crippen molar-refractivity contribution in [3.05, 3.63) is 0 Å². The molecule has 1 amide bonds. The second kappa shape index (κ2) is 6.51. The van der Waals surface area contributed by atoms with E-state index in [1.54, 1.807) is 11.8 Å². The SMILES string of the molecule is CCCCC(=O)O[C@@H](C)C(=O)N1CCCC1. The third-order valence-corrected chi connectivity index (χ3v) is 2.81. The Labute approximate surface area is 96.9 Å². The van der Waals surface area contributed by atoms with Gasteiger partial charge in [0, 0.05) is 19.5 Å². The number of carbonyl (C=O) groups excluding carboxylic acids is 2. The van der Waals surface area contributed by atoms with E-state index in [0.717, 1.165) is 38.8 Å². The van der Waals surface area contributed by atoms with Gasteiger partial charge in [-0.3, -0.25) is 9.59 Å². The molecule has 1 heterocycles. The summed E-state index contributed by atoms with van der Waals surface area (Å²) in [5, 5.41) is 0. The summed E-state index contributed by atoms with van der Waals surface area (Å²) < 4.78 is 5.10. The number of hydrogen-bond donors (Lipinski definition) is 0. The van der Waals surface area contributed by atoms with Crippen molar-refractivity contribution in [3.8, 4) is 0 Å². The molecule has 1 aliphatic heterocycles. The zero-order valence-electron chi connectivity index (χ0n) is 10.2. The minimum atomic E-state index is -0.623. The Morgan fingerprint density at radius 2 is 1.94 bits per heavy atom. The molecule has 0 aromatic rings. The number of esters is 1. The van der Waals surface area contributed by atoms with Gasteiger partial charge in [-0.2, -0.15) is 0 Å². The second-order valence-corrected chi connectivity index (χ2v) is 4.27. The van der Waals surface area contributed by atoms with Crippen LogP contribution < -0.4 is 0 Å². The standard InChI is InChI=1S/C12H21NO3/c1-3-4-7-11(14)16-10(2)12(15)13-8-5-6-9-13/h10H,3-9H2,1-2H3/t10-/m0/s1. The molecule has 0 spiro atoms. The van der Waals surface area contributed by atoms with Crippen LogP contribution in [-0.2, 0) is 14.3 Å². The molecule has 4 nitrogen and oxygen atoms in total. The van der Waals surface area contributed by atoms with Crippen molar-refractivity contribution in [2.75, 3.05) is 13.1 Å². The van der Waals surface area contributed by atoms with Gasteiger partial charge in [0.05, 0.1) is 0 Å². The molecule has 0 aromatic heterocycles. The zero-order valence-corrected chi connectivity index (χ0v) is 10.2. The van der Waals surface area contributed by atoms with Crippen LogP contribution in [0.4, 0.5) is 0 Å². The lowest BCUT2D eigenvalue weighted by atomic mass is 10.2. The maximum atomic E-state index is 11.8. The largest absolute Gasteiger partial charge is 0.453 e. The summed E-state index contributed by atoms with van der Waals surface area (Å²) in [6.07, 6.45) is 3.69. The van der Waals surface area contributed by atoms with E-state index in [4.69, 9.17) is 4.74 Å². The molecule has 1 rings (SSSR count). The van der Waals surface area contributed by atoms with Crippen molar-refractivity contribution < 1.29 is 14.3 Å². The van der Waals surface area contributed by atoms with Crippen molar-refractivity contribution in [1.82, 2.24) is 4.90 Å². The summed E-state index contributed by atoms with van der Waals surface area (Å²) >= 11 is 0. The molecule has 1 fully saturated rings. The first kappa shape index (κ1) is 13.0. The predicted octanol–water partition coefficient (Wildman–Crippen LogP) is 1.73. The molecule has 0 saturated carbocycles. The van der Waals surface area contributed by atoms with Crippen LogP contribution in [0.15, 0.2) is 0 Å². The minimum absolute atomic E-state index is 0.0534. The second-order valence-electron chi connectivity index (χ2n) is 4.27. The number of likely N-dealkylation sites (tertiary alicyclic amines) is 1. The molecule has 92 valence electrons. The number of ether oxygens (including phenoxy) is 1. The molecule has 1 saturated heterocycles. The summed E-state index contributed by atoms with van der Waals surface area (Å²) in [6.45, 7) is 5.28. The lowest BCUT2D eigenvalue weighted by Gasteiger charge is -2.20. The van der Waals surface area contributed by atoms with Gasteiger partial charge in [0.25, 0.3) is 5.91 Å².